The molecule has 0 heterocycles. The van der Waals surface area contributed by atoms with Crippen molar-refractivity contribution < 1.29 is 5.11 Å². The smallest absolute Gasteiger partial charge is 0.122 e. The zero-order valence-electron chi connectivity index (χ0n) is 10.1. The first-order valence-electron chi connectivity index (χ1n) is 5.42. The van der Waals surface area contributed by atoms with E-state index in [9.17, 15) is 5.11 Å². The highest BCUT2D eigenvalue weighted by molar-refractivity contribution is 5.44. The van der Waals surface area contributed by atoms with Gasteiger partial charge in [-0.3, -0.25) is 0 Å². The summed E-state index contributed by atoms with van der Waals surface area (Å²) in [6.07, 6.45) is 0.867. The van der Waals surface area contributed by atoms with Crippen LogP contribution in [0.2, 0.25) is 0 Å². The molecule has 0 aliphatic heterocycles. The van der Waals surface area contributed by atoms with E-state index in [4.69, 9.17) is 0 Å². The number of hydrogen-bond donors (Lipinski definition) is 2. The number of phenols is 1. The Morgan fingerprint density at radius 1 is 1.27 bits per heavy atom. The van der Waals surface area contributed by atoms with Crippen molar-refractivity contribution in [3.05, 3.63) is 29.3 Å². The predicted molar refractivity (Wildman–Crippen MR) is 64.4 cm³/mol. The Hall–Kier alpha value is -1.02. The number of aromatic hydroxyl groups is 1. The highest BCUT2D eigenvalue weighted by Gasteiger charge is 2.19. The van der Waals surface area contributed by atoms with Crippen LogP contribution in [0.3, 0.4) is 0 Å². The lowest BCUT2D eigenvalue weighted by atomic mass is 9.85. The van der Waals surface area contributed by atoms with E-state index in [2.05, 4.69) is 26.1 Å². The van der Waals surface area contributed by atoms with E-state index in [1.165, 1.54) is 0 Å². The van der Waals surface area contributed by atoms with Gasteiger partial charge in [0, 0.05) is 0 Å². The topological polar surface area (TPSA) is 32.3 Å². The molecule has 0 amide bonds. The maximum Gasteiger partial charge on any atom is 0.122 e. The van der Waals surface area contributed by atoms with Gasteiger partial charge in [-0.15, -0.1) is 0 Å². The van der Waals surface area contributed by atoms with Crippen molar-refractivity contribution in [2.45, 2.75) is 32.6 Å². The third-order valence-electron chi connectivity index (χ3n) is 2.57. The predicted octanol–water partition coefficient (Wildman–Crippen LogP) is 2.45. The van der Waals surface area contributed by atoms with Crippen LogP contribution in [0.4, 0.5) is 0 Å². The zero-order valence-corrected chi connectivity index (χ0v) is 10.1. The minimum absolute atomic E-state index is 0.000261. The number of hydrogen-bond acceptors (Lipinski definition) is 2. The molecule has 0 aliphatic rings. The molecule has 1 aromatic carbocycles. The zero-order chi connectivity index (χ0) is 11.5. The molecule has 1 aromatic rings. The molecule has 0 spiro atoms. The van der Waals surface area contributed by atoms with E-state index in [0.29, 0.717) is 5.75 Å². The highest BCUT2D eigenvalue weighted by Crippen LogP contribution is 2.32. The molecule has 2 nitrogen and oxygen atoms in total. The van der Waals surface area contributed by atoms with Gasteiger partial charge in [-0.2, -0.15) is 0 Å². The van der Waals surface area contributed by atoms with Gasteiger partial charge in [0.05, 0.1) is 0 Å². The highest BCUT2D eigenvalue weighted by atomic mass is 16.3. The van der Waals surface area contributed by atoms with E-state index in [1.807, 2.05) is 25.2 Å². The third-order valence-corrected chi connectivity index (χ3v) is 2.57. The van der Waals surface area contributed by atoms with Crippen molar-refractivity contribution in [3.8, 4) is 5.75 Å². The molecule has 0 aliphatic carbocycles. The number of rotatable bonds is 3. The summed E-state index contributed by atoms with van der Waals surface area (Å²) in [5, 5.41) is 13.2. The van der Waals surface area contributed by atoms with E-state index >= 15 is 0 Å². The van der Waals surface area contributed by atoms with Crippen molar-refractivity contribution in [2.24, 2.45) is 0 Å². The summed E-state index contributed by atoms with van der Waals surface area (Å²) in [6, 6.07) is 6.01. The van der Waals surface area contributed by atoms with Gasteiger partial charge in [-0.05, 0) is 36.6 Å². The molecule has 84 valence electrons. The lowest BCUT2D eigenvalue weighted by Gasteiger charge is -2.21. The normalized spacial score (nSPS) is 11.7. The van der Waals surface area contributed by atoms with Crippen molar-refractivity contribution in [1.29, 1.82) is 0 Å². The second-order valence-corrected chi connectivity index (χ2v) is 4.92. The van der Waals surface area contributed by atoms with Gasteiger partial charge < -0.3 is 10.4 Å². The van der Waals surface area contributed by atoms with E-state index in [1.54, 1.807) is 0 Å². The van der Waals surface area contributed by atoms with Crippen LogP contribution in [0.1, 0.15) is 31.9 Å². The fourth-order valence-electron chi connectivity index (χ4n) is 1.66. The second-order valence-electron chi connectivity index (χ2n) is 4.92. The molecule has 0 atom stereocenters. The van der Waals surface area contributed by atoms with Gasteiger partial charge in [0.15, 0.2) is 0 Å². The summed E-state index contributed by atoms with van der Waals surface area (Å²) in [5.41, 5.74) is 2.05. The standard InChI is InChI=1S/C13H21NO/c1-13(2,3)11-7-5-6-10(12(11)15)8-9-14-4/h5-7,14-15H,8-9H2,1-4H3. The van der Waals surface area contributed by atoms with Crippen LogP contribution in [0.5, 0.6) is 5.75 Å². The molecule has 1 rings (SSSR count). The summed E-state index contributed by atoms with van der Waals surface area (Å²) in [6.45, 7) is 7.23. The van der Waals surface area contributed by atoms with Gasteiger partial charge in [0.2, 0.25) is 0 Å². The van der Waals surface area contributed by atoms with Crippen LogP contribution >= 0.6 is 0 Å². The number of phenolic OH excluding ortho intramolecular Hbond substituents is 1. The van der Waals surface area contributed by atoms with Crippen molar-refractivity contribution in [2.75, 3.05) is 13.6 Å². The van der Waals surface area contributed by atoms with E-state index in [-0.39, 0.29) is 5.41 Å². The lowest BCUT2D eigenvalue weighted by Crippen LogP contribution is -2.14. The fraction of sp³-hybridized carbons (Fsp3) is 0.538. The monoisotopic (exact) mass is 207 g/mol. The SMILES string of the molecule is CNCCc1cccc(C(C)(C)C)c1O. The lowest BCUT2D eigenvalue weighted by molar-refractivity contribution is 0.440. The Morgan fingerprint density at radius 2 is 1.93 bits per heavy atom. The number of para-hydroxylation sites is 1. The molecule has 2 N–H and O–H groups in total. The summed E-state index contributed by atoms with van der Waals surface area (Å²) in [7, 11) is 1.92. The van der Waals surface area contributed by atoms with Crippen LogP contribution in [0.15, 0.2) is 18.2 Å². The molecule has 0 fully saturated rings. The molecule has 15 heavy (non-hydrogen) atoms. The Morgan fingerprint density at radius 3 is 2.47 bits per heavy atom. The molecule has 0 bridgehead atoms. The molecule has 0 unspecified atom stereocenters. The summed E-state index contributed by atoms with van der Waals surface area (Å²) in [5.74, 6) is 0.459. The van der Waals surface area contributed by atoms with E-state index < -0.39 is 0 Å². The van der Waals surface area contributed by atoms with Crippen molar-refractivity contribution in [3.63, 3.8) is 0 Å². The minimum atomic E-state index is -0.000261. The summed E-state index contributed by atoms with van der Waals surface area (Å²) in [4.78, 5) is 0. The van der Waals surface area contributed by atoms with E-state index in [0.717, 1.165) is 24.1 Å². The average molecular weight is 207 g/mol. The van der Waals surface area contributed by atoms with Gasteiger partial charge in [-0.1, -0.05) is 39.0 Å². The van der Waals surface area contributed by atoms with Crippen LogP contribution in [0, 0.1) is 0 Å². The first-order chi connectivity index (χ1) is 6.96. The molecular formula is C13H21NO. The first kappa shape index (κ1) is 12.1. The quantitative estimate of drug-likeness (QED) is 0.798. The maximum atomic E-state index is 10.1. The van der Waals surface area contributed by atoms with Crippen LogP contribution in [0.25, 0.3) is 0 Å². The van der Waals surface area contributed by atoms with Gasteiger partial charge in [0.1, 0.15) is 5.75 Å². The summed E-state index contributed by atoms with van der Waals surface area (Å²) < 4.78 is 0. The number of benzene rings is 1. The Labute approximate surface area is 92.3 Å². The van der Waals surface area contributed by atoms with Crippen LogP contribution in [-0.2, 0) is 11.8 Å². The van der Waals surface area contributed by atoms with Crippen LogP contribution in [-0.4, -0.2) is 18.7 Å². The Balaban J connectivity index is 3.01. The third kappa shape index (κ3) is 2.96. The van der Waals surface area contributed by atoms with Crippen LogP contribution < -0.4 is 5.32 Å². The molecule has 0 radical (unpaired) electrons. The molecule has 0 aromatic heterocycles. The maximum absolute atomic E-state index is 10.1. The number of nitrogens with one attached hydrogen (secondary N) is 1. The van der Waals surface area contributed by atoms with Gasteiger partial charge in [-0.25, -0.2) is 0 Å². The largest absolute Gasteiger partial charge is 0.507 e. The first-order valence-corrected chi connectivity index (χ1v) is 5.42. The molecule has 0 saturated carbocycles. The van der Waals surface area contributed by atoms with Crippen molar-refractivity contribution in [1.82, 2.24) is 5.32 Å². The van der Waals surface area contributed by atoms with Gasteiger partial charge >= 0.3 is 0 Å². The number of likely N-dealkylation sites (N-methyl/N-ethyl adjacent to an activating group) is 1. The Bertz CT molecular complexity index is 326. The van der Waals surface area contributed by atoms with Crippen molar-refractivity contribution >= 4 is 0 Å². The summed E-state index contributed by atoms with van der Waals surface area (Å²) >= 11 is 0. The minimum Gasteiger partial charge on any atom is -0.507 e. The average Bonchev–Trinajstić information content (AvgIpc) is 2.14. The molecular weight excluding hydrogens is 186 g/mol. The van der Waals surface area contributed by atoms with Gasteiger partial charge in [0.25, 0.3) is 0 Å². The molecule has 2 heteroatoms. The second kappa shape index (κ2) is 4.67. The molecule has 0 saturated heterocycles. The Kier molecular flexibility index (Phi) is 3.75. The fourth-order valence-corrected chi connectivity index (χ4v) is 1.66.